The average molecular weight is 1100 g/mol. The van der Waals surface area contributed by atoms with Crippen LogP contribution in [0.2, 0.25) is 3.63 Å². The van der Waals surface area contributed by atoms with Crippen molar-refractivity contribution in [1.29, 1.82) is 0 Å². The number of benzene rings is 6. The Balaban J connectivity index is 0.00000402. The van der Waals surface area contributed by atoms with Gasteiger partial charge in [-0.15, -0.1) is 0 Å². The van der Waals surface area contributed by atoms with Crippen LogP contribution in [-0.2, 0) is 63.2 Å². The van der Waals surface area contributed by atoms with Crippen LogP contribution in [0.5, 0.6) is 0 Å². The zero-order valence-electron chi connectivity index (χ0n) is 38.4. The molecule has 0 unspecified atom stereocenters. The smallest absolute Gasteiger partial charge is 1.00 e. The molecule has 366 valence electrons. The van der Waals surface area contributed by atoms with E-state index in [2.05, 4.69) is 39.0 Å². The van der Waals surface area contributed by atoms with Crippen molar-refractivity contribution in [1.82, 2.24) is 0 Å². The topological polar surface area (TPSA) is 0 Å². The van der Waals surface area contributed by atoms with E-state index in [9.17, 15) is 52.7 Å². The summed E-state index contributed by atoms with van der Waals surface area (Å²) in [5.41, 5.74) is -1.77. The van der Waals surface area contributed by atoms with Crippen molar-refractivity contribution in [2.45, 2.75) is 87.1 Å². The molecule has 6 aromatic carbocycles. The molecular weight excluding hydrogens is 1050 g/mol. The zero-order valence-corrected chi connectivity index (χ0v) is 42.3. The van der Waals surface area contributed by atoms with Gasteiger partial charge in [-0.25, -0.2) is 0 Å². The van der Waals surface area contributed by atoms with E-state index in [1.165, 1.54) is 0 Å². The quantitative estimate of drug-likeness (QED) is 0.146. The second-order valence-electron chi connectivity index (χ2n) is 19.3. The van der Waals surface area contributed by atoms with Crippen LogP contribution in [0.3, 0.4) is 0 Å². The summed E-state index contributed by atoms with van der Waals surface area (Å²) in [4.78, 5) is 0. The van der Waals surface area contributed by atoms with Crippen LogP contribution in [0.15, 0.2) is 140 Å². The Bertz CT molecular complexity index is 2880. The van der Waals surface area contributed by atoms with E-state index in [1.54, 1.807) is 42.5 Å². The van der Waals surface area contributed by atoms with Gasteiger partial charge in [-0.2, -0.15) is 0 Å². The van der Waals surface area contributed by atoms with E-state index < -0.39 is 93.8 Å². The van der Waals surface area contributed by atoms with Gasteiger partial charge in [0.05, 0.1) is 0 Å². The molecule has 70 heavy (non-hydrogen) atoms. The Kier molecular flexibility index (Phi) is 15.1. The second-order valence-corrected chi connectivity index (χ2v) is 25.5. The maximum absolute atomic E-state index is 14.9. The first-order valence-corrected chi connectivity index (χ1v) is 25.6. The van der Waals surface area contributed by atoms with Gasteiger partial charge in [0.1, 0.15) is 0 Å². The van der Waals surface area contributed by atoms with E-state index >= 15 is 0 Å². The molecule has 0 atom stereocenters. The van der Waals surface area contributed by atoms with Crippen molar-refractivity contribution >= 4 is 6.48 Å². The molecule has 0 spiro atoms. The average Bonchev–Trinajstić information content (AvgIpc) is 3.91. The minimum atomic E-state index is -5.39. The Morgan fingerprint density at radius 1 is 0.457 bits per heavy atom. The van der Waals surface area contributed by atoms with Crippen LogP contribution >= 0.6 is 0 Å². The van der Waals surface area contributed by atoms with Gasteiger partial charge >= 0.3 is 396 Å². The summed E-state index contributed by atoms with van der Waals surface area (Å²) < 4.78 is 178. The first-order chi connectivity index (χ1) is 31.5. The molecule has 2 aliphatic rings. The maximum atomic E-state index is 14.9. The molecule has 6 aromatic rings. The summed E-state index contributed by atoms with van der Waals surface area (Å²) in [5.74, 6) is 0. The predicted octanol–water partition coefficient (Wildman–Crippen LogP) is 10.7. The third-order valence-electron chi connectivity index (χ3n) is 12.5. The molecule has 0 aromatic heterocycles. The van der Waals surface area contributed by atoms with Gasteiger partial charge in [-0.3, -0.25) is 0 Å². The van der Waals surface area contributed by atoms with Crippen LogP contribution in [0, 0.1) is 0 Å². The number of hydrogen-bond acceptors (Lipinski definition) is 0. The standard InChI is InChI=1S/C33H33.C17H6F12.C5H5.2ClH.Zr/c1-32(2,3)30-20-26-24(18-28(30)22-13-9-7-10-14-22)17-25-19-29(23-15-11-8-12-16-23)31(21-27(25)26)33(4,5)6;18-14(19,20)10-2-8(3-11(6-10)15(21,22)23)1-9-4-12(16(24,25)26)7-13(5-9)17(27,28)29;1-2-4-5-3-1;;;/h7-16,18,20-21H,17H2,1-6H3;2-7H;1-5H;2*1H;/q;;;;;+2/p-2. The minimum Gasteiger partial charge on any atom is -1.00 e. The summed E-state index contributed by atoms with van der Waals surface area (Å²) >= 11 is -4.82. The minimum absolute atomic E-state index is 0. The summed E-state index contributed by atoms with van der Waals surface area (Å²) in [6, 6.07) is 26.4. The summed E-state index contributed by atoms with van der Waals surface area (Å²) in [6.07, 6.45) is -14.7. The van der Waals surface area contributed by atoms with Crippen LogP contribution in [0.4, 0.5) is 52.7 Å². The summed E-state index contributed by atoms with van der Waals surface area (Å²) in [7, 11) is 0. The number of hydrogen-bond donors (Lipinski definition) is 0. The fraction of sp³-hybridized carbons (Fsp3) is 0.255. The van der Waals surface area contributed by atoms with Gasteiger partial charge < -0.3 is 24.8 Å². The van der Waals surface area contributed by atoms with Crippen LogP contribution in [-0.4, -0.2) is 3.21 Å². The van der Waals surface area contributed by atoms with Crippen molar-refractivity contribution in [2.75, 3.05) is 0 Å². The van der Waals surface area contributed by atoms with Crippen molar-refractivity contribution in [3.8, 4) is 33.4 Å². The Morgan fingerprint density at radius 2 is 0.857 bits per heavy atom. The normalized spacial score (nSPS) is 13.8. The van der Waals surface area contributed by atoms with Crippen molar-refractivity contribution in [3.63, 3.8) is 0 Å². The number of fused-ring (bicyclic) bond motifs is 3. The zero-order chi connectivity index (χ0) is 49.5. The van der Waals surface area contributed by atoms with E-state index in [1.807, 2.05) is 63.2 Å². The first-order valence-electron chi connectivity index (χ1n) is 21.7. The first kappa shape index (κ1) is 54.6. The number of halogens is 14. The Hall–Kier alpha value is -4.71. The molecule has 0 aliphatic heterocycles. The van der Waals surface area contributed by atoms with Gasteiger partial charge in [0, 0.05) is 0 Å². The molecule has 15 heteroatoms. The second kappa shape index (κ2) is 19.4. The molecule has 0 heterocycles. The van der Waals surface area contributed by atoms with Gasteiger partial charge in [0.2, 0.25) is 0 Å². The molecule has 0 N–H and O–H groups in total. The molecule has 8 rings (SSSR count). The molecule has 0 saturated heterocycles. The number of rotatable bonds is 6. The maximum Gasteiger partial charge on any atom is -1.00 e. The van der Waals surface area contributed by atoms with Crippen LogP contribution in [0.25, 0.3) is 33.4 Å². The van der Waals surface area contributed by atoms with Gasteiger partial charge in [-0.1, -0.05) is 0 Å². The monoisotopic (exact) mass is 1090 g/mol. The van der Waals surface area contributed by atoms with Crippen LogP contribution in [0.1, 0.15) is 97.2 Å². The third-order valence-corrected chi connectivity index (χ3v) is 20.5. The van der Waals surface area contributed by atoms with Gasteiger partial charge in [0.15, 0.2) is 0 Å². The molecule has 0 bridgehead atoms. The van der Waals surface area contributed by atoms with E-state index in [0.717, 1.165) is 38.9 Å². The molecule has 2 aliphatic carbocycles. The largest absolute Gasteiger partial charge is 1.00 e. The van der Waals surface area contributed by atoms with E-state index in [0.29, 0.717) is 44.2 Å². The van der Waals surface area contributed by atoms with Crippen molar-refractivity contribution in [3.05, 3.63) is 195 Å². The predicted molar refractivity (Wildman–Crippen MR) is 241 cm³/mol. The Morgan fingerprint density at radius 3 is 1.26 bits per heavy atom. The van der Waals surface area contributed by atoms with Crippen molar-refractivity contribution in [2.24, 2.45) is 0 Å². The molecule has 0 amide bonds. The van der Waals surface area contributed by atoms with Crippen molar-refractivity contribution < 1.29 is 98.8 Å². The van der Waals surface area contributed by atoms with E-state index in [-0.39, 0.29) is 46.6 Å². The fourth-order valence-corrected chi connectivity index (χ4v) is 18.1. The van der Waals surface area contributed by atoms with E-state index in [4.69, 9.17) is 0 Å². The van der Waals surface area contributed by atoms with Crippen LogP contribution < -0.4 is 28.1 Å². The number of alkyl halides is 12. The molecule has 0 nitrogen and oxygen atoms in total. The third kappa shape index (κ3) is 10.9. The molecular formula is C55H44Cl2F12Zr. The molecule has 0 fully saturated rings. The van der Waals surface area contributed by atoms with Gasteiger partial charge in [0.25, 0.3) is 0 Å². The fourth-order valence-electron chi connectivity index (χ4n) is 9.41. The molecule has 0 saturated carbocycles. The summed E-state index contributed by atoms with van der Waals surface area (Å²) in [6.45, 7) is 12.1. The SMILES string of the molecule is CC(C)(C)c1cc2c(cc1-c1ccccc1)Cc1c-2cc(C(C)(C)C)c(-c2ccccc2)[c]1[Zr+2](=[C](c1cc(C(F)(F)F)cc(C(F)(F)F)c1)c1cc(C(F)(F)F)cc(C(F)(F)F)c1)[CH]1C=CC=C1.[Cl-].[Cl-]. The summed E-state index contributed by atoms with van der Waals surface area (Å²) in [5, 5.41) is 0. The van der Waals surface area contributed by atoms with Gasteiger partial charge in [-0.05, 0) is 0 Å². The molecule has 0 radical (unpaired) electrons. The number of allylic oxidation sites excluding steroid dienone is 4. The Labute approximate surface area is 418 Å².